The Balaban J connectivity index is 1.54. The van der Waals surface area contributed by atoms with Gasteiger partial charge in [0.15, 0.2) is 0 Å². The third-order valence-corrected chi connectivity index (χ3v) is 5.48. The second kappa shape index (κ2) is 7.12. The van der Waals surface area contributed by atoms with Crippen molar-refractivity contribution in [2.24, 2.45) is 5.92 Å². The average molecular weight is 368 g/mol. The van der Waals surface area contributed by atoms with E-state index in [2.05, 4.69) is 0 Å². The van der Waals surface area contributed by atoms with Gasteiger partial charge in [0.25, 0.3) is 11.8 Å². The summed E-state index contributed by atoms with van der Waals surface area (Å²) in [5, 5.41) is 0. The molecule has 2 aromatic rings. The van der Waals surface area contributed by atoms with E-state index in [1.807, 2.05) is 35.2 Å². The van der Waals surface area contributed by atoms with Gasteiger partial charge in [-0.15, -0.1) is 0 Å². The van der Waals surface area contributed by atoms with Crippen LogP contribution in [0.15, 0.2) is 54.6 Å². The predicted molar refractivity (Wildman–Crippen MR) is 97.4 cm³/mol. The number of fused-ring (bicyclic) bond motifs is 1. The quantitative estimate of drug-likeness (QED) is 0.832. The molecule has 2 amide bonds. The number of hydrogen-bond acceptors (Lipinski definition) is 3. The molecule has 0 spiro atoms. The van der Waals surface area contributed by atoms with Crippen LogP contribution in [0.25, 0.3) is 0 Å². The van der Waals surface area contributed by atoms with Crippen molar-refractivity contribution in [2.45, 2.75) is 18.7 Å². The largest absolute Gasteiger partial charge is 0.371 e. The standard InChI is InChI=1S/C21H21FN2O3/c1-27-19-17-12-23(20(25)15-7-9-16(22)10-8-15)13-18(17)24(21(19)26)11-14-5-3-2-4-6-14/h2-10,17-19H,11-13H2,1H3/t17-,18+,19-/m0/s1. The zero-order valence-corrected chi connectivity index (χ0v) is 15.0. The van der Waals surface area contributed by atoms with E-state index in [0.29, 0.717) is 25.2 Å². The minimum absolute atomic E-state index is 0.0229. The first kappa shape index (κ1) is 17.7. The Hall–Kier alpha value is -2.73. The highest BCUT2D eigenvalue weighted by Gasteiger charge is 2.53. The summed E-state index contributed by atoms with van der Waals surface area (Å²) in [5.74, 6) is -0.601. The van der Waals surface area contributed by atoms with Crippen LogP contribution in [0, 0.1) is 11.7 Å². The van der Waals surface area contributed by atoms with E-state index >= 15 is 0 Å². The molecule has 6 heteroatoms. The van der Waals surface area contributed by atoms with Crippen molar-refractivity contribution < 1.29 is 18.7 Å². The summed E-state index contributed by atoms with van der Waals surface area (Å²) >= 11 is 0. The summed E-state index contributed by atoms with van der Waals surface area (Å²) in [6.45, 7) is 1.41. The molecule has 0 aromatic heterocycles. The Morgan fingerprint density at radius 2 is 1.81 bits per heavy atom. The van der Waals surface area contributed by atoms with Gasteiger partial charge in [-0.05, 0) is 29.8 Å². The monoisotopic (exact) mass is 368 g/mol. The minimum atomic E-state index is -0.537. The maximum absolute atomic E-state index is 13.1. The van der Waals surface area contributed by atoms with E-state index in [1.165, 1.54) is 31.4 Å². The molecule has 2 heterocycles. The number of hydrogen-bond donors (Lipinski definition) is 0. The number of likely N-dealkylation sites (tertiary alicyclic amines) is 2. The molecule has 27 heavy (non-hydrogen) atoms. The van der Waals surface area contributed by atoms with Gasteiger partial charge in [-0.1, -0.05) is 30.3 Å². The molecule has 0 unspecified atom stereocenters. The van der Waals surface area contributed by atoms with Crippen molar-refractivity contribution in [3.8, 4) is 0 Å². The Labute approximate surface area is 157 Å². The number of benzene rings is 2. The second-order valence-corrected chi connectivity index (χ2v) is 7.06. The van der Waals surface area contributed by atoms with Crippen molar-refractivity contribution in [3.63, 3.8) is 0 Å². The molecule has 2 aromatic carbocycles. The van der Waals surface area contributed by atoms with Gasteiger partial charge < -0.3 is 14.5 Å². The van der Waals surface area contributed by atoms with Crippen LogP contribution in [0.4, 0.5) is 4.39 Å². The molecular weight excluding hydrogens is 347 g/mol. The highest BCUT2D eigenvalue weighted by Crippen LogP contribution is 2.35. The van der Waals surface area contributed by atoms with Crippen molar-refractivity contribution in [1.29, 1.82) is 0 Å². The van der Waals surface area contributed by atoms with E-state index in [4.69, 9.17) is 4.74 Å². The first-order chi connectivity index (χ1) is 13.1. The molecule has 0 N–H and O–H groups in total. The number of ether oxygens (including phenoxy) is 1. The van der Waals surface area contributed by atoms with Crippen LogP contribution in [0.3, 0.4) is 0 Å². The number of carbonyl (C=O) groups excluding carboxylic acids is 2. The van der Waals surface area contributed by atoms with Crippen molar-refractivity contribution in [1.82, 2.24) is 9.80 Å². The molecule has 5 nitrogen and oxygen atoms in total. The maximum atomic E-state index is 13.1. The van der Waals surface area contributed by atoms with Crippen LogP contribution in [-0.4, -0.2) is 54.0 Å². The summed E-state index contributed by atoms with van der Waals surface area (Å²) < 4.78 is 18.6. The first-order valence-electron chi connectivity index (χ1n) is 9.00. The lowest BCUT2D eigenvalue weighted by atomic mass is 10.0. The Kier molecular flexibility index (Phi) is 4.66. The number of carbonyl (C=O) groups is 2. The Morgan fingerprint density at radius 1 is 1.11 bits per heavy atom. The highest BCUT2D eigenvalue weighted by atomic mass is 19.1. The molecule has 2 saturated heterocycles. The number of nitrogens with zero attached hydrogens (tertiary/aromatic N) is 2. The van der Waals surface area contributed by atoms with Gasteiger partial charge in [0.2, 0.25) is 0 Å². The number of amides is 2. The number of halogens is 1. The Morgan fingerprint density at radius 3 is 2.48 bits per heavy atom. The molecule has 3 atom stereocenters. The topological polar surface area (TPSA) is 49.9 Å². The van der Waals surface area contributed by atoms with E-state index in [0.717, 1.165) is 5.56 Å². The van der Waals surface area contributed by atoms with E-state index in [9.17, 15) is 14.0 Å². The zero-order valence-electron chi connectivity index (χ0n) is 15.0. The smallest absolute Gasteiger partial charge is 0.253 e. The molecule has 0 aliphatic carbocycles. The lowest BCUT2D eigenvalue weighted by Crippen LogP contribution is -2.40. The third-order valence-electron chi connectivity index (χ3n) is 5.48. The van der Waals surface area contributed by atoms with Gasteiger partial charge in [0, 0.05) is 38.2 Å². The normalized spacial score (nSPS) is 24.4. The van der Waals surface area contributed by atoms with Crippen LogP contribution in [0.2, 0.25) is 0 Å². The molecule has 140 valence electrons. The van der Waals surface area contributed by atoms with Crippen LogP contribution < -0.4 is 0 Å². The van der Waals surface area contributed by atoms with Gasteiger partial charge in [0.1, 0.15) is 11.9 Å². The molecule has 2 fully saturated rings. The van der Waals surface area contributed by atoms with Gasteiger partial charge in [-0.25, -0.2) is 4.39 Å². The molecule has 4 rings (SSSR count). The second-order valence-electron chi connectivity index (χ2n) is 7.06. The summed E-state index contributed by atoms with van der Waals surface area (Å²) in [5.41, 5.74) is 1.50. The summed E-state index contributed by atoms with van der Waals surface area (Å²) in [7, 11) is 1.54. The Bertz CT molecular complexity index is 840. The van der Waals surface area contributed by atoms with Crippen molar-refractivity contribution >= 4 is 11.8 Å². The fraction of sp³-hybridized carbons (Fsp3) is 0.333. The van der Waals surface area contributed by atoms with Crippen molar-refractivity contribution in [3.05, 3.63) is 71.5 Å². The highest BCUT2D eigenvalue weighted by molar-refractivity contribution is 5.95. The van der Waals surface area contributed by atoms with Gasteiger partial charge >= 0.3 is 0 Å². The molecule has 0 radical (unpaired) electrons. The fourth-order valence-electron chi connectivity index (χ4n) is 4.14. The van der Waals surface area contributed by atoms with Crippen LogP contribution in [-0.2, 0) is 16.1 Å². The van der Waals surface area contributed by atoms with Crippen molar-refractivity contribution in [2.75, 3.05) is 20.2 Å². The van der Waals surface area contributed by atoms with Gasteiger partial charge in [0.05, 0.1) is 6.04 Å². The predicted octanol–water partition coefficient (Wildman–Crippen LogP) is 2.32. The minimum Gasteiger partial charge on any atom is -0.371 e. The molecule has 2 aliphatic rings. The number of rotatable bonds is 4. The fourth-order valence-corrected chi connectivity index (χ4v) is 4.14. The molecular formula is C21H21FN2O3. The number of methoxy groups -OCH3 is 1. The molecule has 0 bridgehead atoms. The summed E-state index contributed by atoms with van der Waals surface area (Å²) in [4.78, 5) is 29.1. The summed E-state index contributed by atoms with van der Waals surface area (Å²) in [6.07, 6.45) is -0.537. The van der Waals surface area contributed by atoms with E-state index in [1.54, 1.807) is 4.90 Å². The van der Waals surface area contributed by atoms with E-state index < -0.39 is 6.10 Å². The molecule has 0 saturated carbocycles. The third kappa shape index (κ3) is 3.21. The first-order valence-corrected chi connectivity index (χ1v) is 9.00. The van der Waals surface area contributed by atoms with Gasteiger partial charge in [-0.3, -0.25) is 9.59 Å². The van der Waals surface area contributed by atoms with Crippen LogP contribution >= 0.6 is 0 Å². The van der Waals surface area contributed by atoms with E-state index in [-0.39, 0.29) is 29.6 Å². The SMILES string of the molecule is CO[C@@H]1C(=O)N(Cc2ccccc2)[C@@H]2CN(C(=O)c3ccc(F)cc3)C[C@H]12. The molecule has 2 aliphatic heterocycles. The van der Waals surface area contributed by atoms with Gasteiger partial charge in [-0.2, -0.15) is 0 Å². The zero-order chi connectivity index (χ0) is 19.0. The average Bonchev–Trinajstić information content (AvgIpc) is 3.21. The maximum Gasteiger partial charge on any atom is 0.253 e. The van der Waals surface area contributed by atoms with Crippen LogP contribution in [0.1, 0.15) is 15.9 Å². The van der Waals surface area contributed by atoms with Crippen LogP contribution in [0.5, 0.6) is 0 Å². The lowest BCUT2D eigenvalue weighted by molar-refractivity contribution is -0.138. The summed E-state index contributed by atoms with van der Waals surface area (Å²) in [6, 6.07) is 15.3. The lowest BCUT2D eigenvalue weighted by Gasteiger charge is -2.25.